The van der Waals surface area contributed by atoms with Crippen molar-refractivity contribution in [1.29, 1.82) is 5.26 Å². The summed E-state index contributed by atoms with van der Waals surface area (Å²) in [6, 6.07) is 18.5. The van der Waals surface area contributed by atoms with Crippen LogP contribution in [0, 0.1) is 18.3 Å². The number of hydrogen-bond acceptors (Lipinski definition) is 4. The van der Waals surface area contributed by atoms with Crippen molar-refractivity contribution in [3.8, 4) is 11.8 Å². The fraction of sp³-hybridized carbons (Fsp3) is 0.211. The van der Waals surface area contributed by atoms with Gasteiger partial charge in [0.1, 0.15) is 6.07 Å². The Bertz CT molecular complexity index is 935. The molecule has 5 nitrogen and oxygen atoms in total. The molecule has 0 saturated carbocycles. The largest absolute Gasteiger partial charge is 0.348 e. The van der Waals surface area contributed by atoms with Gasteiger partial charge in [-0.25, -0.2) is 0 Å². The predicted molar refractivity (Wildman–Crippen MR) is 92.0 cm³/mol. The molecule has 0 radical (unpaired) electrons. The van der Waals surface area contributed by atoms with Crippen molar-refractivity contribution in [3.63, 3.8) is 0 Å². The third-order valence-corrected chi connectivity index (χ3v) is 4.46. The Labute approximate surface area is 140 Å². The Balaban J connectivity index is 1.72. The molecule has 2 heterocycles. The highest BCUT2D eigenvalue weighted by Crippen LogP contribution is 2.25. The van der Waals surface area contributed by atoms with Gasteiger partial charge in [-0.15, -0.1) is 15.0 Å². The zero-order valence-corrected chi connectivity index (χ0v) is 13.5. The van der Waals surface area contributed by atoms with Crippen LogP contribution in [-0.4, -0.2) is 21.5 Å². The zero-order chi connectivity index (χ0) is 16.5. The van der Waals surface area contributed by atoms with Crippen LogP contribution in [0.1, 0.15) is 22.4 Å². The molecule has 3 aromatic rings. The van der Waals surface area contributed by atoms with E-state index in [1.165, 1.54) is 11.1 Å². The van der Waals surface area contributed by atoms with Crippen LogP contribution in [0.25, 0.3) is 5.69 Å². The molecule has 0 atom stereocenters. The van der Waals surface area contributed by atoms with E-state index in [9.17, 15) is 5.26 Å². The maximum Gasteiger partial charge on any atom is 0.207 e. The monoisotopic (exact) mass is 315 g/mol. The van der Waals surface area contributed by atoms with Gasteiger partial charge in [0.2, 0.25) is 5.69 Å². The first-order valence-corrected chi connectivity index (χ1v) is 8.01. The second-order valence-electron chi connectivity index (χ2n) is 6.00. The molecule has 0 saturated heterocycles. The fourth-order valence-electron chi connectivity index (χ4n) is 3.16. The third kappa shape index (κ3) is 2.42. The van der Waals surface area contributed by atoms with Crippen LogP contribution in [-0.2, 0) is 13.0 Å². The smallest absolute Gasteiger partial charge is 0.207 e. The Kier molecular flexibility index (Phi) is 3.51. The fourth-order valence-corrected chi connectivity index (χ4v) is 3.16. The van der Waals surface area contributed by atoms with Gasteiger partial charge >= 0.3 is 0 Å². The van der Waals surface area contributed by atoms with Crippen LogP contribution >= 0.6 is 0 Å². The number of nitriles is 1. The summed E-state index contributed by atoms with van der Waals surface area (Å²) >= 11 is 0. The van der Waals surface area contributed by atoms with Crippen molar-refractivity contribution in [2.45, 2.75) is 19.9 Å². The summed E-state index contributed by atoms with van der Waals surface area (Å²) in [4.78, 5) is 3.71. The Morgan fingerprint density at radius 3 is 2.54 bits per heavy atom. The van der Waals surface area contributed by atoms with Crippen LogP contribution in [0.3, 0.4) is 0 Å². The van der Waals surface area contributed by atoms with Crippen LogP contribution < -0.4 is 4.90 Å². The number of para-hydroxylation sites is 1. The molecule has 5 heteroatoms. The lowest BCUT2D eigenvalue weighted by Gasteiger charge is -2.28. The molecule has 0 unspecified atom stereocenters. The summed E-state index contributed by atoms with van der Waals surface area (Å²) in [5.74, 6) is 0.662. The summed E-state index contributed by atoms with van der Waals surface area (Å²) in [5.41, 5.74) is 5.01. The lowest BCUT2D eigenvalue weighted by Crippen LogP contribution is -2.31. The average molecular weight is 315 g/mol. The predicted octanol–water partition coefficient (Wildman–Crippen LogP) is 3.01. The third-order valence-electron chi connectivity index (χ3n) is 4.46. The van der Waals surface area contributed by atoms with Crippen molar-refractivity contribution < 1.29 is 0 Å². The molecule has 1 aromatic heterocycles. The minimum Gasteiger partial charge on any atom is -0.348 e. The summed E-state index contributed by atoms with van der Waals surface area (Å²) < 4.78 is 0. The highest BCUT2D eigenvalue weighted by molar-refractivity contribution is 5.53. The van der Waals surface area contributed by atoms with Crippen LogP contribution in [0.2, 0.25) is 0 Å². The van der Waals surface area contributed by atoms with Gasteiger partial charge in [0.25, 0.3) is 0 Å². The number of fused-ring (bicyclic) bond motifs is 1. The van der Waals surface area contributed by atoms with E-state index in [4.69, 9.17) is 0 Å². The number of aryl methyl sites for hydroxylation is 1. The molecule has 118 valence electrons. The first kappa shape index (κ1) is 14.5. The van der Waals surface area contributed by atoms with E-state index in [0.717, 1.165) is 30.8 Å². The maximum absolute atomic E-state index is 9.48. The molecule has 0 bridgehead atoms. The van der Waals surface area contributed by atoms with Crippen LogP contribution in [0.5, 0.6) is 0 Å². The molecule has 0 fully saturated rings. The number of benzene rings is 2. The minimum atomic E-state index is 0.373. The number of aromatic nitrogens is 3. The highest BCUT2D eigenvalue weighted by Gasteiger charge is 2.23. The highest BCUT2D eigenvalue weighted by atomic mass is 15.5. The Morgan fingerprint density at radius 1 is 1.00 bits per heavy atom. The molecule has 0 amide bonds. The molecule has 0 spiro atoms. The molecular formula is C19H17N5. The Morgan fingerprint density at radius 2 is 1.75 bits per heavy atom. The van der Waals surface area contributed by atoms with E-state index < -0.39 is 0 Å². The molecule has 0 aliphatic carbocycles. The van der Waals surface area contributed by atoms with Gasteiger partial charge in [-0.05, 0) is 36.1 Å². The van der Waals surface area contributed by atoms with Crippen molar-refractivity contribution in [1.82, 2.24) is 15.0 Å². The van der Waals surface area contributed by atoms with E-state index >= 15 is 0 Å². The van der Waals surface area contributed by atoms with Crippen molar-refractivity contribution in [2.75, 3.05) is 11.4 Å². The first-order chi connectivity index (χ1) is 11.8. The number of hydrogen-bond donors (Lipinski definition) is 0. The number of anilines is 1. The quantitative estimate of drug-likeness (QED) is 0.729. The van der Waals surface area contributed by atoms with Crippen LogP contribution in [0.4, 0.5) is 5.82 Å². The molecule has 0 N–H and O–H groups in total. The summed E-state index contributed by atoms with van der Waals surface area (Å²) in [5, 5.41) is 18.5. The Hall–Kier alpha value is -3.13. The second kappa shape index (κ2) is 5.82. The van der Waals surface area contributed by atoms with E-state index in [-0.39, 0.29) is 0 Å². The molecular weight excluding hydrogens is 298 g/mol. The van der Waals surface area contributed by atoms with E-state index in [0.29, 0.717) is 11.5 Å². The SMILES string of the molecule is Cc1ccccc1-n1nc(C#N)c(N2CCc3ccccc3C2)n1. The second-order valence-corrected chi connectivity index (χ2v) is 6.00. The van der Waals surface area contributed by atoms with E-state index in [2.05, 4.69) is 45.4 Å². The van der Waals surface area contributed by atoms with Gasteiger partial charge in [0.05, 0.1) is 5.69 Å². The molecule has 24 heavy (non-hydrogen) atoms. The van der Waals surface area contributed by atoms with Gasteiger partial charge in [-0.2, -0.15) is 5.26 Å². The average Bonchev–Trinajstić information content (AvgIpc) is 3.06. The number of rotatable bonds is 2. The first-order valence-electron chi connectivity index (χ1n) is 8.01. The van der Waals surface area contributed by atoms with E-state index in [1.807, 2.05) is 31.2 Å². The minimum absolute atomic E-state index is 0.373. The summed E-state index contributed by atoms with van der Waals surface area (Å²) in [6.07, 6.45) is 0.957. The van der Waals surface area contributed by atoms with Crippen LogP contribution in [0.15, 0.2) is 48.5 Å². The molecule has 1 aliphatic heterocycles. The van der Waals surface area contributed by atoms with Gasteiger partial charge in [0.15, 0.2) is 5.82 Å². The van der Waals surface area contributed by atoms with E-state index in [1.54, 1.807) is 4.80 Å². The van der Waals surface area contributed by atoms with Crippen molar-refractivity contribution >= 4 is 5.82 Å². The topological polar surface area (TPSA) is 57.7 Å². The summed E-state index contributed by atoms with van der Waals surface area (Å²) in [6.45, 7) is 3.62. The molecule has 2 aromatic carbocycles. The lowest BCUT2D eigenvalue weighted by molar-refractivity contribution is 0.698. The lowest BCUT2D eigenvalue weighted by atomic mass is 10.00. The van der Waals surface area contributed by atoms with Gasteiger partial charge in [-0.3, -0.25) is 0 Å². The van der Waals surface area contributed by atoms with Gasteiger partial charge in [0, 0.05) is 13.1 Å². The number of nitrogens with zero attached hydrogens (tertiary/aromatic N) is 5. The molecule has 1 aliphatic rings. The summed E-state index contributed by atoms with van der Waals surface area (Å²) in [7, 11) is 0. The zero-order valence-electron chi connectivity index (χ0n) is 13.5. The van der Waals surface area contributed by atoms with Crippen molar-refractivity contribution in [2.24, 2.45) is 0 Å². The van der Waals surface area contributed by atoms with Gasteiger partial charge < -0.3 is 4.90 Å². The maximum atomic E-state index is 9.48. The standard InChI is InChI=1S/C19H17N5/c1-14-6-2-5-9-18(14)24-21-17(12-20)19(22-24)23-11-10-15-7-3-4-8-16(15)13-23/h2-9H,10-11,13H2,1H3. The van der Waals surface area contributed by atoms with Gasteiger partial charge in [-0.1, -0.05) is 42.5 Å². The normalized spacial score (nSPS) is 13.4. The molecule has 4 rings (SSSR count). The van der Waals surface area contributed by atoms with Crippen molar-refractivity contribution in [3.05, 3.63) is 70.9 Å².